The van der Waals surface area contributed by atoms with Gasteiger partial charge < -0.3 is 15.0 Å². The Hall–Kier alpha value is -2.36. The summed E-state index contributed by atoms with van der Waals surface area (Å²) in [6.07, 6.45) is 2.11. The summed E-state index contributed by atoms with van der Waals surface area (Å²) in [5.74, 6) is -0.754. The van der Waals surface area contributed by atoms with Gasteiger partial charge in [0.2, 0.25) is 0 Å². The molecule has 0 bridgehead atoms. The van der Waals surface area contributed by atoms with Crippen LogP contribution in [0.3, 0.4) is 0 Å². The van der Waals surface area contributed by atoms with E-state index in [0.717, 1.165) is 5.56 Å². The average molecular weight is 526 g/mol. The number of aromatic nitrogens is 3. The lowest BCUT2D eigenvalue weighted by atomic mass is 10.1. The van der Waals surface area contributed by atoms with Gasteiger partial charge >= 0.3 is 0 Å². The van der Waals surface area contributed by atoms with Crippen molar-refractivity contribution in [2.75, 3.05) is 5.32 Å². The molecule has 4 rings (SSSR count). The molecule has 2 N–H and O–H groups in total. The van der Waals surface area contributed by atoms with Gasteiger partial charge in [-0.3, -0.25) is 4.79 Å². The highest BCUT2D eigenvalue weighted by Gasteiger charge is 2.41. The van der Waals surface area contributed by atoms with Gasteiger partial charge in [-0.25, -0.2) is 18.7 Å². The minimum atomic E-state index is -1.46. The second-order valence-electron chi connectivity index (χ2n) is 7.94. The Morgan fingerprint density at radius 3 is 2.88 bits per heavy atom. The van der Waals surface area contributed by atoms with E-state index in [1.807, 2.05) is 0 Å². The van der Waals surface area contributed by atoms with E-state index >= 15 is 0 Å². The SMILES string of the molecule is C[C@@H]1C[C@@H](Nc2ncncc2C(=O)c2cc(Cl)n(Cc3ccc(F)c(Br)c3)c2)[C@@H](F)[C@@H]1O. The highest BCUT2D eigenvalue weighted by Crippen LogP contribution is 2.31. The van der Waals surface area contributed by atoms with Crippen LogP contribution < -0.4 is 5.32 Å². The van der Waals surface area contributed by atoms with Gasteiger partial charge in [-0.05, 0) is 52.0 Å². The maximum atomic E-state index is 14.4. The van der Waals surface area contributed by atoms with Gasteiger partial charge in [-0.15, -0.1) is 0 Å². The molecule has 6 nitrogen and oxygen atoms in total. The second kappa shape index (κ2) is 9.25. The summed E-state index contributed by atoms with van der Waals surface area (Å²) < 4.78 is 29.9. The fourth-order valence-electron chi connectivity index (χ4n) is 3.86. The minimum Gasteiger partial charge on any atom is -0.390 e. The maximum Gasteiger partial charge on any atom is 0.199 e. The topological polar surface area (TPSA) is 80.0 Å². The first kappa shape index (κ1) is 22.8. The number of halogens is 4. The monoisotopic (exact) mass is 524 g/mol. The standard InChI is InChI=1S/C22H20BrClF2N4O2/c1-11-4-17(19(26)20(11)31)29-22-14(7-27-10-28-22)21(32)13-6-18(24)30(9-13)8-12-2-3-16(25)15(23)5-12/h2-3,5-7,9-11,17,19-20,31H,4,8H2,1H3,(H,27,28,29)/t11-,17-,19-,20-/m1/s1. The van der Waals surface area contributed by atoms with Gasteiger partial charge in [0, 0.05) is 24.5 Å². The molecule has 2 heterocycles. The molecule has 0 aliphatic heterocycles. The fourth-order valence-corrected chi connectivity index (χ4v) is 4.51. The summed E-state index contributed by atoms with van der Waals surface area (Å²) in [6.45, 7) is 2.11. The van der Waals surface area contributed by atoms with Crippen LogP contribution in [0.2, 0.25) is 5.15 Å². The zero-order chi connectivity index (χ0) is 23.0. The van der Waals surface area contributed by atoms with E-state index in [1.165, 1.54) is 24.7 Å². The Bertz CT molecular complexity index is 1160. The quantitative estimate of drug-likeness (QED) is 0.459. The molecule has 168 valence electrons. The fraction of sp³-hybridized carbons (Fsp3) is 0.318. The van der Waals surface area contributed by atoms with Crippen LogP contribution in [0.15, 0.2) is 47.5 Å². The Balaban J connectivity index is 1.56. The zero-order valence-corrected chi connectivity index (χ0v) is 19.3. The maximum absolute atomic E-state index is 14.4. The van der Waals surface area contributed by atoms with Crippen molar-refractivity contribution in [1.29, 1.82) is 0 Å². The molecule has 1 aliphatic carbocycles. The lowest BCUT2D eigenvalue weighted by molar-refractivity contribution is 0.0725. The summed E-state index contributed by atoms with van der Waals surface area (Å²) in [4.78, 5) is 21.2. The van der Waals surface area contributed by atoms with Gasteiger partial charge in [0.05, 0.1) is 22.2 Å². The van der Waals surface area contributed by atoms with Crippen molar-refractivity contribution in [3.8, 4) is 0 Å². The van der Waals surface area contributed by atoms with Crippen molar-refractivity contribution in [3.63, 3.8) is 0 Å². The van der Waals surface area contributed by atoms with Crippen LogP contribution in [0.1, 0.15) is 34.8 Å². The Kier molecular flexibility index (Phi) is 6.60. The molecule has 0 saturated heterocycles. The first-order valence-corrected chi connectivity index (χ1v) is 11.1. The van der Waals surface area contributed by atoms with Gasteiger partial charge in [0.1, 0.15) is 29.3 Å². The van der Waals surface area contributed by atoms with Gasteiger partial charge in [0.15, 0.2) is 5.78 Å². The molecule has 1 aliphatic rings. The molecule has 1 aromatic carbocycles. The number of aliphatic hydroxyl groups excluding tert-OH is 1. The summed E-state index contributed by atoms with van der Waals surface area (Å²) in [5.41, 5.74) is 1.28. The Morgan fingerprint density at radius 2 is 2.19 bits per heavy atom. The number of aliphatic hydroxyl groups is 1. The van der Waals surface area contributed by atoms with Crippen LogP contribution in [-0.4, -0.2) is 43.7 Å². The molecule has 10 heteroatoms. The predicted molar refractivity (Wildman–Crippen MR) is 120 cm³/mol. The van der Waals surface area contributed by atoms with Crippen molar-refractivity contribution in [1.82, 2.24) is 14.5 Å². The summed E-state index contributed by atoms with van der Waals surface area (Å²) in [5, 5.41) is 13.2. The number of hydrogen-bond donors (Lipinski definition) is 2. The lowest BCUT2D eigenvalue weighted by Gasteiger charge is -2.18. The molecule has 2 aromatic heterocycles. The van der Waals surface area contributed by atoms with Gasteiger partial charge in [0.25, 0.3) is 0 Å². The molecule has 3 aromatic rings. The highest BCUT2D eigenvalue weighted by atomic mass is 79.9. The second-order valence-corrected chi connectivity index (χ2v) is 9.18. The van der Waals surface area contributed by atoms with Crippen LogP contribution in [0.5, 0.6) is 0 Å². The number of hydrogen-bond acceptors (Lipinski definition) is 5. The number of alkyl halides is 1. The largest absolute Gasteiger partial charge is 0.390 e. The van der Waals surface area contributed by atoms with Crippen LogP contribution in [0, 0.1) is 11.7 Å². The van der Waals surface area contributed by atoms with E-state index < -0.39 is 18.3 Å². The molecule has 1 saturated carbocycles. The third-order valence-corrected chi connectivity index (χ3v) is 6.58. The number of ketones is 1. The van der Waals surface area contributed by atoms with Gasteiger partial charge in [-0.2, -0.15) is 0 Å². The number of benzene rings is 1. The van der Waals surface area contributed by atoms with Crippen LogP contribution in [-0.2, 0) is 6.54 Å². The lowest BCUT2D eigenvalue weighted by Crippen LogP contribution is -2.32. The summed E-state index contributed by atoms with van der Waals surface area (Å²) in [6, 6.07) is 5.49. The van der Waals surface area contributed by atoms with E-state index in [9.17, 15) is 18.7 Å². The zero-order valence-electron chi connectivity index (χ0n) is 17.0. The van der Waals surface area contributed by atoms with Crippen molar-refractivity contribution < 1.29 is 18.7 Å². The molecule has 32 heavy (non-hydrogen) atoms. The number of anilines is 1. The molecular weight excluding hydrogens is 506 g/mol. The molecule has 0 radical (unpaired) electrons. The smallest absolute Gasteiger partial charge is 0.199 e. The average Bonchev–Trinajstić information content (AvgIpc) is 3.25. The first-order valence-electron chi connectivity index (χ1n) is 9.97. The normalized spacial score (nSPS) is 22.8. The van der Waals surface area contributed by atoms with Crippen LogP contribution in [0.4, 0.5) is 14.6 Å². The van der Waals surface area contributed by atoms with Crippen LogP contribution >= 0.6 is 27.5 Å². The van der Waals surface area contributed by atoms with E-state index in [0.29, 0.717) is 28.2 Å². The molecular formula is C22H20BrClF2N4O2. The van der Waals surface area contributed by atoms with Crippen molar-refractivity contribution in [2.45, 2.75) is 38.2 Å². The third-order valence-electron chi connectivity index (χ3n) is 5.64. The highest BCUT2D eigenvalue weighted by molar-refractivity contribution is 9.10. The van der Waals surface area contributed by atoms with Gasteiger partial charge in [-0.1, -0.05) is 24.6 Å². The molecule has 4 atom stereocenters. The number of rotatable bonds is 6. The van der Waals surface area contributed by atoms with E-state index in [1.54, 1.807) is 29.8 Å². The predicted octanol–water partition coefficient (Wildman–Crippen LogP) is 4.63. The number of nitrogens with zero attached hydrogens (tertiary/aromatic N) is 3. The number of nitrogens with one attached hydrogen (secondary N) is 1. The molecule has 0 amide bonds. The van der Waals surface area contributed by atoms with Crippen molar-refractivity contribution in [3.05, 3.63) is 75.1 Å². The Morgan fingerprint density at radius 1 is 1.41 bits per heavy atom. The first-order chi connectivity index (χ1) is 15.2. The van der Waals surface area contributed by atoms with Crippen LogP contribution in [0.25, 0.3) is 0 Å². The van der Waals surface area contributed by atoms with Crippen molar-refractivity contribution in [2.24, 2.45) is 5.92 Å². The molecule has 0 unspecified atom stereocenters. The van der Waals surface area contributed by atoms with Crippen molar-refractivity contribution >= 4 is 39.1 Å². The summed E-state index contributed by atoms with van der Waals surface area (Å²) >= 11 is 9.48. The third kappa shape index (κ3) is 4.55. The van der Waals surface area contributed by atoms with E-state index in [4.69, 9.17) is 11.6 Å². The Labute approximate surface area is 196 Å². The molecule has 0 spiro atoms. The number of carbonyl (C=O) groups is 1. The summed E-state index contributed by atoms with van der Waals surface area (Å²) in [7, 11) is 0. The molecule has 1 fully saturated rings. The minimum absolute atomic E-state index is 0.173. The van der Waals surface area contributed by atoms with E-state index in [-0.39, 0.29) is 28.9 Å². The van der Waals surface area contributed by atoms with E-state index in [2.05, 4.69) is 31.2 Å². The number of carbonyl (C=O) groups excluding carboxylic acids is 1.